The number of nitrogens with one attached hydrogen (secondary N) is 2. The van der Waals surface area contributed by atoms with E-state index in [1.54, 1.807) is 6.92 Å². The van der Waals surface area contributed by atoms with Gasteiger partial charge in [-0.3, -0.25) is 9.82 Å². The molecule has 0 spiro atoms. The lowest BCUT2D eigenvalue weighted by atomic mass is 10.3. The standard InChI is InChI=1S/C14H16ClN3O6S/c1-4-24-14(19)8-7-16-17-13(8)25(20,21)18-10-6-11(22-2)9(15)5-12(10)23-3/h5-7,18H,4H2,1-3H3,(H,16,17). The SMILES string of the molecule is CCOC(=O)c1cn[nH]c1S(=O)(=O)Nc1cc(OC)c(Cl)cc1OC. The second-order valence-electron chi connectivity index (χ2n) is 4.63. The van der Waals surface area contributed by atoms with Gasteiger partial charge in [0.25, 0.3) is 10.0 Å². The van der Waals surface area contributed by atoms with Crippen LogP contribution in [0.5, 0.6) is 11.5 Å². The highest BCUT2D eigenvalue weighted by Gasteiger charge is 2.27. The van der Waals surface area contributed by atoms with Crippen molar-refractivity contribution in [1.82, 2.24) is 10.2 Å². The van der Waals surface area contributed by atoms with Crippen LogP contribution in [0.3, 0.4) is 0 Å². The third-order valence-corrected chi connectivity index (χ3v) is 4.72. The van der Waals surface area contributed by atoms with Gasteiger partial charge >= 0.3 is 5.97 Å². The van der Waals surface area contributed by atoms with Gasteiger partial charge in [-0.15, -0.1) is 0 Å². The largest absolute Gasteiger partial charge is 0.495 e. The van der Waals surface area contributed by atoms with Gasteiger partial charge in [0.2, 0.25) is 0 Å². The van der Waals surface area contributed by atoms with Gasteiger partial charge in [0, 0.05) is 12.1 Å². The predicted molar refractivity (Wildman–Crippen MR) is 89.9 cm³/mol. The Labute approximate surface area is 149 Å². The van der Waals surface area contributed by atoms with E-state index in [1.165, 1.54) is 26.4 Å². The number of aromatic amines is 1. The van der Waals surface area contributed by atoms with Crippen LogP contribution < -0.4 is 14.2 Å². The monoisotopic (exact) mass is 389 g/mol. The molecule has 136 valence electrons. The van der Waals surface area contributed by atoms with Crippen molar-refractivity contribution in [1.29, 1.82) is 0 Å². The van der Waals surface area contributed by atoms with E-state index in [4.69, 9.17) is 25.8 Å². The fraction of sp³-hybridized carbons (Fsp3) is 0.286. The number of hydrogen-bond acceptors (Lipinski definition) is 7. The first-order valence-electron chi connectivity index (χ1n) is 6.98. The minimum atomic E-state index is -4.18. The molecule has 0 aliphatic carbocycles. The number of anilines is 1. The summed E-state index contributed by atoms with van der Waals surface area (Å²) in [5.41, 5.74) is -0.137. The average Bonchev–Trinajstić information content (AvgIpc) is 3.07. The topological polar surface area (TPSA) is 120 Å². The molecule has 2 rings (SSSR count). The molecule has 11 heteroatoms. The minimum absolute atomic E-state index is 0.0770. The third-order valence-electron chi connectivity index (χ3n) is 3.09. The molecule has 2 N–H and O–H groups in total. The van der Waals surface area contributed by atoms with Gasteiger partial charge in [0.15, 0.2) is 5.03 Å². The summed E-state index contributed by atoms with van der Waals surface area (Å²) < 4.78 is 42.6. The van der Waals surface area contributed by atoms with Crippen LogP contribution in [0.2, 0.25) is 5.02 Å². The van der Waals surface area contributed by atoms with Crippen LogP contribution in [0.25, 0.3) is 0 Å². The molecule has 2 aromatic rings. The molecule has 0 fully saturated rings. The van der Waals surface area contributed by atoms with Crippen LogP contribution in [0.15, 0.2) is 23.4 Å². The van der Waals surface area contributed by atoms with E-state index in [-0.39, 0.29) is 34.4 Å². The first-order chi connectivity index (χ1) is 11.8. The Bertz CT molecular complexity index is 881. The maximum atomic E-state index is 12.6. The van der Waals surface area contributed by atoms with E-state index < -0.39 is 21.0 Å². The molecule has 0 saturated heterocycles. The lowest BCUT2D eigenvalue weighted by molar-refractivity contribution is 0.0522. The molecule has 1 heterocycles. The van der Waals surface area contributed by atoms with Crippen molar-refractivity contribution < 1.29 is 27.4 Å². The van der Waals surface area contributed by atoms with Crippen molar-refractivity contribution in [2.75, 3.05) is 25.5 Å². The number of esters is 1. The molecule has 0 amide bonds. The fourth-order valence-electron chi connectivity index (χ4n) is 1.97. The lowest BCUT2D eigenvalue weighted by Crippen LogP contribution is -2.18. The van der Waals surface area contributed by atoms with Gasteiger partial charge < -0.3 is 14.2 Å². The summed E-state index contributed by atoms with van der Waals surface area (Å²) >= 11 is 5.99. The number of nitrogens with zero attached hydrogens (tertiary/aromatic N) is 1. The smallest absolute Gasteiger partial charge is 0.342 e. The number of halogens is 1. The summed E-state index contributed by atoms with van der Waals surface area (Å²) in [6, 6.07) is 2.76. The molecule has 0 bridgehead atoms. The second-order valence-corrected chi connectivity index (χ2v) is 6.65. The number of H-pyrrole nitrogens is 1. The maximum absolute atomic E-state index is 12.6. The maximum Gasteiger partial charge on any atom is 0.342 e. The number of methoxy groups -OCH3 is 2. The summed E-state index contributed by atoms with van der Waals surface area (Å²) in [5, 5.41) is 5.70. The summed E-state index contributed by atoms with van der Waals surface area (Å²) in [5.74, 6) is -0.390. The Balaban J connectivity index is 2.44. The fourth-order valence-corrected chi connectivity index (χ4v) is 3.35. The van der Waals surface area contributed by atoms with Crippen molar-refractivity contribution in [3.63, 3.8) is 0 Å². The van der Waals surface area contributed by atoms with Crippen molar-refractivity contribution in [2.45, 2.75) is 11.9 Å². The first-order valence-corrected chi connectivity index (χ1v) is 8.85. The van der Waals surface area contributed by atoms with Crippen molar-refractivity contribution >= 4 is 33.3 Å². The number of aromatic nitrogens is 2. The van der Waals surface area contributed by atoms with E-state index in [0.717, 1.165) is 6.20 Å². The van der Waals surface area contributed by atoms with Crippen molar-refractivity contribution in [3.8, 4) is 11.5 Å². The Morgan fingerprint density at radius 2 is 1.96 bits per heavy atom. The lowest BCUT2D eigenvalue weighted by Gasteiger charge is -2.14. The van der Waals surface area contributed by atoms with Crippen LogP contribution in [0.4, 0.5) is 5.69 Å². The first kappa shape index (κ1) is 18.9. The minimum Gasteiger partial charge on any atom is -0.495 e. The van der Waals surface area contributed by atoms with Gasteiger partial charge in [-0.2, -0.15) is 13.5 Å². The molecule has 9 nitrogen and oxygen atoms in total. The molecule has 0 saturated carbocycles. The summed E-state index contributed by atoms with van der Waals surface area (Å²) in [6.45, 7) is 1.70. The Kier molecular flexibility index (Phi) is 5.75. The molecular weight excluding hydrogens is 374 g/mol. The summed E-state index contributed by atoms with van der Waals surface area (Å²) in [6.07, 6.45) is 1.08. The Hall–Kier alpha value is -2.46. The van der Waals surface area contributed by atoms with Crippen LogP contribution >= 0.6 is 11.6 Å². The van der Waals surface area contributed by atoms with E-state index >= 15 is 0 Å². The molecule has 1 aromatic heterocycles. The van der Waals surface area contributed by atoms with Crippen molar-refractivity contribution in [2.24, 2.45) is 0 Å². The molecule has 0 radical (unpaired) electrons. The van der Waals surface area contributed by atoms with Gasteiger partial charge in [-0.1, -0.05) is 11.6 Å². The highest BCUT2D eigenvalue weighted by molar-refractivity contribution is 7.92. The molecule has 0 aliphatic heterocycles. The summed E-state index contributed by atoms with van der Waals surface area (Å²) in [7, 11) is -1.44. The van der Waals surface area contributed by atoms with Crippen LogP contribution in [-0.2, 0) is 14.8 Å². The van der Waals surface area contributed by atoms with Gasteiger partial charge in [-0.25, -0.2) is 4.79 Å². The summed E-state index contributed by atoms with van der Waals surface area (Å²) in [4.78, 5) is 11.9. The molecule has 0 unspecified atom stereocenters. The Morgan fingerprint density at radius 1 is 1.28 bits per heavy atom. The quantitative estimate of drug-likeness (QED) is 0.695. The number of carbonyl (C=O) groups excluding carboxylic acids is 1. The highest BCUT2D eigenvalue weighted by atomic mass is 35.5. The highest BCUT2D eigenvalue weighted by Crippen LogP contribution is 2.37. The number of benzene rings is 1. The predicted octanol–water partition coefficient (Wildman–Crippen LogP) is 2.06. The average molecular weight is 390 g/mol. The number of rotatable bonds is 7. The third kappa shape index (κ3) is 3.97. The Morgan fingerprint density at radius 3 is 2.56 bits per heavy atom. The molecular formula is C14H16ClN3O6S. The van der Waals surface area contributed by atoms with Crippen LogP contribution in [0, 0.1) is 0 Å². The van der Waals surface area contributed by atoms with Gasteiger partial charge in [0.05, 0.1) is 37.7 Å². The molecule has 0 atom stereocenters. The van der Waals surface area contributed by atoms with E-state index in [9.17, 15) is 13.2 Å². The molecule has 1 aromatic carbocycles. The normalized spacial score (nSPS) is 11.0. The van der Waals surface area contributed by atoms with Gasteiger partial charge in [0.1, 0.15) is 17.1 Å². The zero-order valence-electron chi connectivity index (χ0n) is 13.6. The number of hydrogen-bond donors (Lipinski definition) is 2. The van der Waals surface area contributed by atoms with Gasteiger partial charge in [-0.05, 0) is 6.92 Å². The van der Waals surface area contributed by atoms with E-state index in [2.05, 4.69) is 14.9 Å². The van der Waals surface area contributed by atoms with Crippen LogP contribution in [-0.4, -0.2) is 45.4 Å². The number of sulfonamides is 1. The van der Waals surface area contributed by atoms with E-state index in [1.807, 2.05) is 0 Å². The number of ether oxygens (including phenoxy) is 3. The molecule has 0 aliphatic rings. The number of carbonyl (C=O) groups is 1. The van der Waals surface area contributed by atoms with E-state index in [0.29, 0.717) is 0 Å². The molecule has 25 heavy (non-hydrogen) atoms. The zero-order valence-corrected chi connectivity index (χ0v) is 15.2. The van der Waals surface area contributed by atoms with Crippen molar-refractivity contribution in [3.05, 3.63) is 28.9 Å². The zero-order chi connectivity index (χ0) is 18.6. The second kappa shape index (κ2) is 7.62. The van der Waals surface area contributed by atoms with Crippen LogP contribution in [0.1, 0.15) is 17.3 Å².